The van der Waals surface area contributed by atoms with Gasteiger partial charge in [0.15, 0.2) is 0 Å². The number of pyridine rings is 1. The van der Waals surface area contributed by atoms with E-state index in [2.05, 4.69) is 21.9 Å². The van der Waals surface area contributed by atoms with E-state index in [0.29, 0.717) is 0 Å². The molecule has 0 bridgehead atoms. The van der Waals surface area contributed by atoms with Crippen LogP contribution >= 0.6 is 0 Å². The molecule has 0 atom stereocenters. The van der Waals surface area contributed by atoms with Crippen LogP contribution in [-0.2, 0) is 0 Å². The number of nitrogen functional groups attached to an aromatic ring is 1. The van der Waals surface area contributed by atoms with Crippen LogP contribution in [0.5, 0.6) is 0 Å². The van der Waals surface area contributed by atoms with Crippen molar-refractivity contribution in [2.75, 3.05) is 36.8 Å². The van der Waals surface area contributed by atoms with Gasteiger partial charge >= 0.3 is 0 Å². The fraction of sp³-hybridized carbons (Fsp3) is 0.450. The summed E-state index contributed by atoms with van der Waals surface area (Å²) in [6.45, 7) is 4.52. The van der Waals surface area contributed by atoms with Gasteiger partial charge in [-0.25, -0.2) is 4.98 Å². The van der Waals surface area contributed by atoms with Crippen LogP contribution in [0.2, 0.25) is 0 Å². The van der Waals surface area contributed by atoms with Gasteiger partial charge in [-0.2, -0.15) is 0 Å². The van der Waals surface area contributed by atoms with Gasteiger partial charge in [0.2, 0.25) is 0 Å². The SMILES string of the molecule is Nc1ccc(-c2ccc(N3CCN(C4CCCC4)CC3)nc2)cc1. The minimum atomic E-state index is 0.795. The number of hydrogen-bond donors (Lipinski definition) is 1. The molecule has 1 aliphatic carbocycles. The van der Waals surface area contributed by atoms with Crippen molar-refractivity contribution >= 4 is 11.5 Å². The Bertz CT molecular complexity index is 651. The fourth-order valence-electron chi connectivity index (χ4n) is 4.01. The first-order valence-corrected chi connectivity index (χ1v) is 9.10. The number of piperazine rings is 1. The van der Waals surface area contributed by atoms with Crippen LogP contribution in [0.3, 0.4) is 0 Å². The third-order valence-corrected chi connectivity index (χ3v) is 5.47. The van der Waals surface area contributed by atoms with Crippen molar-refractivity contribution < 1.29 is 0 Å². The summed E-state index contributed by atoms with van der Waals surface area (Å²) < 4.78 is 0. The van der Waals surface area contributed by atoms with Crippen molar-refractivity contribution in [3.8, 4) is 11.1 Å². The van der Waals surface area contributed by atoms with Gasteiger partial charge in [-0.3, -0.25) is 4.90 Å². The summed E-state index contributed by atoms with van der Waals surface area (Å²) in [5.74, 6) is 1.10. The molecular formula is C20H26N4. The van der Waals surface area contributed by atoms with Gasteiger partial charge in [0.05, 0.1) is 0 Å². The summed E-state index contributed by atoms with van der Waals surface area (Å²) in [7, 11) is 0. The number of rotatable bonds is 3. The minimum absolute atomic E-state index is 0.795. The lowest BCUT2D eigenvalue weighted by Crippen LogP contribution is -2.49. The van der Waals surface area contributed by atoms with E-state index < -0.39 is 0 Å². The molecule has 1 saturated heterocycles. The topological polar surface area (TPSA) is 45.4 Å². The number of aromatic nitrogens is 1. The largest absolute Gasteiger partial charge is 0.399 e. The predicted octanol–water partition coefficient (Wildman–Crippen LogP) is 3.40. The van der Waals surface area contributed by atoms with E-state index in [1.165, 1.54) is 38.8 Å². The maximum absolute atomic E-state index is 5.76. The molecule has 1 saturated carbocycles. The second kappa shape index (κ2) is 6.81. The first-order chi connectivity index (χ1) is 11.8. The van der Waals surface area contributed by atoms with E-state index in [9.17, 15) is 0 Å². The van der Waals surface area contributed by atoms with Gasteiger partial charge in [-0.15, -0.1) is 0 Å². The Labute approximate surface area is 144 Å². The van der Waals surface area contributed by atoms with Crippen LogP contribution in [0, 0.1) is 0 Å². The monoisotopic (exact) mass is 322 g/mol. The molecule has 126 valence electrons. The Balaban J connectivity index is 1.39. The molecule has 1 aromatic heterocycles. The van der Waals surface area contributed by atoms with Crippen molar-refractivity contribution in [1.82, 2.24) is 9.88 Å². The molecule has 4 rings (SSSR count). The molecule has 2 aromatic rings. The Morgan fingerprint density at radius 1 is 0.833 bits per heavy atom. The van der Waals surface area contributed by atoms with E-state index in [4.69, 9.17) is 10.7 Å². The van der Waals surface area contributed by atoms with E-state index in [0.717, 1.165) is 41.8 Å². The highest BCUT2D eigenvalue weighted by atomic mass is 15.3. The Kier molecular flexibility index (Phi) is 4.39. The smallest absolute Gasteiger partial charge is 0.128 e. The quantitative estimate of drug-likeness (QED) is 0.880. The van der Waals surface area contributed by atoms with E-state index in [-0.39, 0.29) is 0 Å². The van der Waals surface area contributed by atoms with Crippen molar-refractivity contribution in [2.45, 2.75) is 31.7 Å². The number of nitrogens with two attached hydrogens (primary N) is 1. The van der Waals surface area contributed by atoms with Crippen LogP contribution in [0.1, 0.15) is 25.7 Å². The standard InChI is InChI=1S/C20H26N4/c21-18-8-5-16(6-9-18)17-7-10-20(22-15-17)24-13-11-23(12-14-24)19-3-1-2-4-19/h5-10,15,19H,1-4,11-14,21H2. The molecule has 0 unspecified atom stereocenters. The zero-order valence-electron chi connectivity index (χ0n) is 14.2. The molecule has 0 spiro atoms. The molecule has 4 heteroatoms. The normalized spacial score (nSPS) is 19.8. The molecule has 1 aromatic carbocycles. The lowest BCUT2D eigenvalue weighted by Gasteiger charge is -2.38. The average Bonchev–Trinajstić information content (AvgIpc) is 3.17. The second-order valence-electron chi connectivity index (χ2n) is 6.99. The van der Waals surface area contributed by atoms with Crippen LogP contribution < -0.4 is 10.6 Å². The third kappa shape index (κ3) is 3.24. The van der Waals surface area contributed by atoms with Crippen molar-refractivity contribution in [3.05, 3.63) is 42.6 Å². The second-order valence-corrected chi connectivity index (χ2v) is 6.99. The van der Waals surface area contributed by atoms with Gasteiger partial charge in [0, 0.05) is 49.7 Å². The molecule has 2 fully saturated rings. The van der Waals surface area contributed by atoms with E-state index in [1.807, 2.05) is 30.5 Å². The van der Waals surface area contributed by atoms with Crippen LogP contribution in [-0.4, -0.2) is 42.1 Å². The van der Waals surface area contributed by atoms with Crippen LogP contribution in [0.15, 0.2) is 42.6 Å². The molecule has 0 amide bonds. The molecule has 2 heterocycles. The molecule has 4 nitrogen and oxygen atoms in total. The molecule has 2 N–H and O–H groups in total. The summed E-state index contributed by atoms with van der Waals surface area (Å²) in [4.78, 5) is 9.80. The highest BCUT2D eigenvalue weighted by Crippen LogP contribution is 2.26. The number of hydrogen-bond acceptors (Lipinski definition) is 4. The fourth-order valence-corrected chi connectivity index (χ4v) is 4.01. The maximum Gasteiger partial charge on any atom is 0.128 e. The van der Waals surface area contributed by atoms with E-state index in [1.54, 1.807) is 0 Å². The molecular weight excluding hydrogens is 296 g/mol. The first-order valence-electron chi connectivity index (χ1n) is 9.10. The molecule has 24 heavy (non-hydrogen) atoms. The van der Waals surface area contributed by atoms with Gasteiger partial charge in [-0.05, 0) is 42.7 Å². The third-order valence-electron chi connectivity index (χ3n) is 5.47. The Morgan fingerprint density at radius 2 is 1.50 bits per heavy atom. The van der Waals surface area contributed by atoms with Crippen LogP contribution in [0.25, 0.3) is 11.1 Å². The lowest BCUT2D eigenvalue weighted by molar-refractivity contribution is 0.187. The van der Waals surface area contributed by atoms with Crippen molar-refractivity contribution in [1.29, 1.82) is 0 Å². The Morgan fingerprint density at radius 3 is 2.12 bits per heavy atom. The number of anilines is 2. The van der Waals surface area contributed by atoms with Crippen molar-refractivity contribution in [3.63, 3.8) is 0 Å². The average molecular weight is 322 g/mol. The first kappa shape index (κ1) is 15.5. The highest BCUT2D eigenvalue weighted by Gasteiger charge is 2.26. The summed E-state index contributed by atoms with van der Waals surface area (Å²) in [5, 5.41) is 0. The van der Waals surface area contributed by atoms with E-state index >= 15 is 0 Å². The minimum Gasteiger partial charge on any atom is -0.399 e. The zero-order valence-corrected chi connectivity index (χ0v) is 14.2. The maximum atomic E-state index is 5.76. The summed E-state index contributed by atoms with van der Waals surface area (Å²) >= 11 is 0. The highest BCUT2D eigenvalue weighted by molar-refractivity contribution is 5.65. The zero-order chi connectivity index (χ0) is 16.4. The molecule has 1 aliphatic heterocycles. The molecule has 0 radical (unpaired) electrons. The summed E-state index contributed by atoms with van der Waals surface area (Å²) in [5.41, 5.74) is 8.85. The van der Waals surface area contributed by atoms with Crippen LogP contribution in [0.4, 0.5) is 11.5 Å². The van der Waals surface area contributed by atoms with Gasteiger partial charge in [-0.1, -0.05) is 25.0 Å². The number of nitrogens with zero attached hydrogens (tertiary/aromatic N) is 3. The van der Waals surface area contributed by atoms with Gasteiger partial charge in [0.1, 0.15) is 5.82 Å². The summed E-state index contributed by atoms with van der Waals surface area (Å²) in [6.07, 6.45) is 7.60. The Hall–Kier alpha value is -2.07. The summed E-state index contributed by atoms with van der Waals surface area (Å²) in [6, 6.07) is 13.1. The lowest BCUT2D eigenvalue weighted by atomic mass is 10.1. The van der Waals surface area contributed by atoms with Gasteiger partial charge in [0.25, 0.3) is 0 Å². The number of benzene rings is 1. The molecule has 2 aliphatic rings. The predicted molar refractivity (Wildman–Crippen MR) is 100 cm³/mol. The van der Waals surface area contributed by atoms with Crippen molar-refractivity contribution in [2.24, 2.45) is 0 Å². The van der Waals surface area contributed by atoms with Gasteiger partial charge < -0.3 is 10.6 Å².